The lowest BCUT2D eigenvalue weighted by Crippen LogP contribution is -2.38. The van der Waals surface area contributed by atoms with Crippen LogP contribution in [0.4, 0.5) is 4.79 Å². The predicted octanol–water partition coefficient (Wildman–Crippen LogP) is 3.84. The maximum atomic E-state index is 12.5. The molecule has 10 heteroatoms. The Hall–Kier alpha value is -2.03. The normalized spacial score (nSPS) is 18.1. The number of carbonyl (C=O) groups excluding carboxylic acids is 4. The van der Waals surface area contributed by atoms with Crippen molar-refractivity contribution in [2.45, 2.75) is 32.1 Å². The topological polar surface area (TPSA) is 95.6 Å². The molecule has 0 radical (unpaired) electrons. The van der Waals surface area contributed by atoms with Gasteiger partial charge in [0.05, 0.1) is 15.0 Å². The summed E-state index contributed by atoms with van der Waals surface area (Å²) < 4.78 is 0. The quantitative estimate of drug-likeness (QED) is 0.547. The maximum Gasteiger partial charge on any atom is 0.293 e. The van der Waals surface area contributed by atoms with E-state index in [0.717, 1.165) is 42.3 Å². The Bertz CT molecular complexity index is 916. The molecule has 0 aromatic heterocycles. The highest BCUT2D eigenvalue weighted by atomic mass is 35.5. The van der Waals surface area contributed by atoms with Gasteiger partial charge in [0, 0.05) is 32.0 Å². The lowest BCUT2D eigenvalue weighted by molar-refractivity contribution is -0.126. The fraction of sp³-hybridized carbons (Fsp3) is 0.429. The second kappa shape index (κ2) is 11.0. The molecule has 0 unspecified atom stereocenters. The Morgan fingerprint density at radius 2 is 1.87 bits per heavy atom. The summed E-state index contributed by atoms with van der Waals surface area (Å²) in [7, 11) is 0. The van der Waals surface area contributed by atoms with Gasteiger partial charge >= 0.3 is 0 Å². The minimum Gasteiger partial charge on any atom is -0.355 e. The molecule has 1 aromatic rings. The number of nitrogens with zero attached hydrogens (tertiary/aromatic N) is 1. The van der Waals surface area contributed by atoms with E-state index < -0.39 is 11.1 Å². The fourth-order valence-corrected chi connectivity index (χ4v) is 4.71. The van der Waals surface area contributed by atoms with Crippen LogP contribution in [0.2, 0.25) is 10.0 Å². The van der Waals surface area contributed by atoms with Crippen molar-refractivity contribution < 1.29 is 19.2 Å². The summed E-state index contributed by atoms with van der Waals surface area (Å²) in [5, 5.41) is 5.72. The number of amides is 4. The van der Waals surface area contributed by atoms with Crippen LogP contribution >= 0.6 is 35.0 Å². The molecule has 2 N–H and O–H groups in total. The van der Waals surface area contributed by atoms with E-state index in [9.17, 15) is 19.2 Å². The Kier molecular flexibility index (Phi) is 8.40. The van der Waals surface area contributed by atoms with Gasteiger partial charge in [-0.15, -0.1) is 0 Å². The van der Waals surface area contributed by atoms with Crippen LogP contribution in [0.3, 0.4) is 0 Å². The molecule has 2 fully saturated rings. The number of imide groups is 1. The second-order valence-corrected chi connectivity index (χ2v) is 9.13. The lowest BCUT2D eigenvalue weighted by Gasteiger charge is -2.13. The monoisotopic (exact) mass is 483 g/mol. The Labute approximate surface area is 194 Å². The molecule has 1 saturated heterocycles. The van der Waals surface area contributed by atoms with Crippen LogP contribution in [0.1, 0.15) is 37.7 Å². The lowest BCUT2D eigenvalue weighted by atomic mass is 10.1. The molecule has 2 aliphatic rings. The van der Waals surface area contributed by atoms with E-state index in [2.05, 4.69) is 10.6 Å². The van der Waals surface area contributed by atoms with Gasteiger partial charge in [0.2, 0.25) is 11.8 Å². The zero-order valence-electron chi connectivity index (χ0n) is 16.8. The van der Waals surface area contributed by atoms with E-state index in [1.807, 2.05) is 0 Å². The van der Waals surface area contributed by atoms with E-state index in [1.165, 1.54) is 6.08 Å². The molecular weight excluding hydrogens is 461 g/mol. The number of rotatable bonds is 8. The summed E-state index contributed by atoms with van der Waals surface area (Å²) in [5.74, 6) is -0.615. The van der Waals surface area contributed by atoms with Crippen molar-refractivity contribution in [3.05, 3.63) is 38.7 Å². The first-order valence-electron chi connectivity index (χ1n) is 10.1. The molecule has 4 amide bonds. The average Bonchev–Trinajstić information content (AvgIpc) is 3.36. The highest BCUT2D eigenvalue weighted by Crippen LogP contribution is 2.34. The van der Waals surface area contributed by atoms with Crippen molar-refractivity contribution >= 4 is 64.0 Å². The van der Waals surface area contributed by atoms with Crippen LogP contribution in [0.15, 0.2) is 23.1 Å². The zero-order chi connectivity index (χ0) is 22.4. The van der Waals surface area contributed by atoms with E-state index in [-0.39, 0.29) is 48.7 Å². The average molecular weight is 484 g/mol. The highest BCUT2D eigenvalue weighted by molar-refractivity contribution is 8.18. The number of halogens is 2. The molecule has 0 bridgehead atoms. The SMILES string of the molecule is O=C(CCNC(=O)C1CCCC1)NCCN1C(=O)S/C(=C\c2cccc(Cl)c2Cl)C1=O. The maximum absolute atomic E-state index is 12.5. The fourth-order valence-electron chi connectivity index (χ4n) is 3.49. The molecular formula is C21H23Cl2N3O4S. The standard InChI is InChI=1S/C21H23Cl2N3O4S/c22-15-7-3-6-14(18(15)23)12-16-20(29)26(21(30)31-16)11-10-24-17(27)8-9-25-19(28)13-4-1-2-5-13/h3,6-7,12-13H,1-2,4-5,8-11H2,(H,24,27)(H,25,28)/b16-12-. The van der Waals surface area contributed by atoms with Gasteiger partial charge in [-0.1, -0.05) is 48.2 Å². The van der Waals surface area contributed by atoms with Gasteiger partial charge in [-0.05, 0) is 42.3 Å². The van der Waals surface area contributed by atoms with E-state index in [4.69, 9.17) is 23.2 Å². The van der Waals surface area contributed by atoms with Crippen molar-refractivity contribution in [2.24, 2.45) is 5.92 Å². The molecule has 166 valence electrons. The van der Waals surface area contributed by atoms with Crippen LogP contribution in [0, 0.1) is 5.92 Å². The van der Waals surface area contributed by atoms with Crippen LogP contribution in [-0.4, -0.2) is 47.5 Å². The number of thioether (sulfide) groups is 1. The summed E-state index contributed by atoms with van der Waals surface area (Å²) >= 11 is 12.9. The van der Waals surface area contributed by atoms with Crippen molar-refractivity contribution in [1.82, 2.24) is 15.5 Å². The third-order valence-electron chi connectivity index (χ3n) is 5.18. The minimum atomic E-state index is -0.441. The summed E-state index contributed by atoms with van der Waals surface area (Å²) in [4.78, 5) is 50.0. The highest BCUT2D eigenvalue weighted by Gasteiger charge is 2.34. The molecule has 3 rings (SSSR count). The largest absolute Gasteiger partial charge is 0.355 e. The summed E-state index contributed by atoms with van der Waals surface area (Å²) in [5.41, 5.74) is 0.549. The first-order chi connectivity index (χ1) is 14.9. The molecule has 1 aliphatic carbocycles. The Morgan fingerprint density at radius 1 is 1.13 bits per heavy atom. The van der Waals surface area contributed by atoms with Crippen molar-refractivity contribution in [3.8, 4) is 0 Å². The second-order valence-electron chi connectivity index (χ2n) is 7.35. The van der Waals surface area contributed by atoms with Crippen LogP contribution in [0.25, 0.3) is 6.08 Å². The smallest absolute Gasteiger partial charge is 0.293 e. The van der Waals surface area contributed by atoms with E-state index in [0.29, 0.717) is 15.6 Å². The van der Waals surface area contributed by atoms with Crippen molar-refractivity contribution in [2.75, 3.05) is 19.6 Å². The third kappa shape index (κ3) is 6.24. The summed E-state index contributed by atoms with van der Waals surface area (Å²) in [6.45, 7) is 0.468. The molecule has 0 atom stereocenters. The van der Waals surface area contributed by atoms with Crippen LogP contribution in [0.5, 0.6) is 0 Å². The molecule has 1 aliphatic heterocycles. The molecule has 31 heavy (non-hydrogen) atoms. The van der Waals surface area contributed by atoms with Gasteiger partial charge in [0.25, 0.3) is 11.1 Å². The molecule has 1 saturated carbocycles. The number of hydrogen-bond acceptors (Lipinski definition) is 5. The first-order valence-corrected chi connectivity index (χ1v) is 11.7. The van der Waals surface area contributed by atoms with Crippen LogP contribution < -0.4 is 10.6 Å². The number of nitrogens with one attached hydrogen (secondary N) is 2. The number of hydrogen-bond donors (Lipinski definition) is 2. The van der Waals surface area contributed by atoms with E-state index in [1.54, 1.807) is 18.2 Å². The van der Waals surface area contributed by atoms with Gasteiger partial charge in [0.1, 0.15) is 0 Å². The third-order valence-corrected chi connectivity index (χ3v) is 6.92. The van der Waals surface area contributed by atoms with Gasteiger partial charge in [-0.3, -0.25) is 24.1 Å². The number of benzene rings is 1. The van der Waals surface area contributed by atoms with Crippen molar-refractivity contribution in [1.29, 1.82) is 0 Å². The zero-order valence-corrected chi connectivity index (χ0v) is 19.1. The Balaban J connectivity index is 1.43. The van der Waals surface area contributed by atoms with Gasteiger partial charge in [-0.25, -0.2) is 0 Å². The first kappa shape index (κ1) is 23.6. The van der Waals surface area contributed by atoms with Gasteiger partial charge in [-0.2, -0.15) is 0 Å². The van der Waals surface area contributed by atoms with Gasteiger partial charge in [0.15, 0.2) is 0 Å². The predicted molar refractivity (Wildman–Crippen MR) is 122 cm³/mol. The minimum absolute atomic E-state index is 0.00899. The number of carbonyl (C=O) groups is 4. The molecule has 0 spiro atoms. The summed E-state index contributed by atoms with van der Waals surface area (Å²) in [6.07, 6.45) is 5.65. The van der Waals surface area contributed by atoms with Crippen molar-refractivity contribution in [3.63, 3.8) is 0 Å². The Morgan fingerprint density at radius 3 is 2.61 bits per heavy atom. The van der Waals surface area contributed by atoms with E-state index >= 15 is 0 Å². The van der Waals surface area contributed by atoms with Gasteiger partial charge < -0.3 is 10.6 Å². The summed E-state index contributed by atoms with van der Waals surface area (Å²) in [6, 6.07) is 5.04. The van der Waals surface area contributed by atoms with Crippen LogP contribution in [-0.2, 0) is 14.4 Å². The molecule has 1 heterocycles. The molecule has 1 aromatic carbocycles. The molecule has 7 nitrogen and oxygen atoms in total.